The monoisotopic (exact) mass is 440 g/mol. The number of amides is 1. The Bertz CT molecular complexity index is 1620. The zero-order valence-corrected chi connectivity index (χ0v) is 17.7. The van der Waals surface area contributed by atoms with Crippen molar-refractivity contribution in [3.8, 4) is 5.75 Å². The number of rotatable bonds is 2. The molecule has 0 saturated heterocycles. The van der Waals surface area contributed by atoms with Gasteiger partial charge in [0.25, 0.3) is 5.91 Å². The Balaban J connectivity index is 1.65. The molecule has 6 rings (SSSR count). The van der Waals surface area contributed by atoms with Crippen LogP contribution in [0.25, 0.3) is 21.2 Å². The second-order valence-electron chi connectivity index (χ2n) is 7.81. The largest absolute Gasteiger partial charge is 0.508 e. The molecule has 3 heterocycles. The second kappa shape index (κ2) is 6.77. The predicted molar refractivity (Wildman–Crippen MR) is 124 cm³/mol. The molecule has 0 aliphatic carbocycles. The van der Waals surface area contributed by atoms with Crippen LogP contribution < -0.4 is 10.3 Å². The number of carbonyl (C=O) groups excluding carboxylic acids is 1. The molecule has 1 aliphatic rings. The SMILES string of the molecule is Cc1ccc2nc(N3C(=O)c4oc5ccccc5c(=O)c4C3c3cccc(O)c3)sc2c1. The van der Waals surface area contributed by atoms with Gasteiger partial charge in [-0.05, 0) is 54.4 Å². The van der Waals surface area contributed by atoms with Crippen molar-refractivity contribution >= 4 is 43.6 Å². The predicted octanol–water partition coefficient (Wildman–Crippen LogP) is 5.17. The van der Waals surface area contributed by atoms with Crippen molar-refractivity contribution in [1.82, 2.24) is 4.98 Å². The van der Waals surface area contributed by atoms with E-state index in [2.05, 4.69) is 4.98 Å². The first-order chi connectivity index (χ1) is 15.5. The van der Waals surface area contributed by atoms with Crippen LogP contribution in [0, 0.1) is 6.92 Å². The molecule has 1 atom stereocenters. The number of phenolic OH excluding ortho intramolecular Hbond substituents is 1. The Morgan fingerprint density at radius 3 is 2.72 bits per heavy atom. The molecule has 1 aliphatic heterocycles. The molecular formula is C25H16N2O4S. The third-order valence-electron chi connectivity index (χ3n) is 5.70. The van der Waals surface area contributed by atoms with E-state index < -0.39 is 11.9 Å². The fraction of sp³-hybridized carbons (Fsp3) is 0.0800. The number of aryl methyl sites for hydroxylation is 1. The Morgan fingerprint density at radius 2 is 1.88 bits per heavy atom. The molecule has 156 valence electrons. The van der Waals surface area contributed by atoms with Crippen LogP contribution >= 0.6 is 11.3 Å². The molecular weight excluding hydrogens is 424 g/mol. The fourth-order valence-corrected chi connectivity index (χ4v) is 5.34. The molecule has 1 amide bonds. The van der Waals surface area contributed by atoms with Crippen molar-refractivity contribution in [1.29, 1.82) is 0 Å². The molecule has 0 spiro atoms. The number of para-hydroxylation sites is 1. The number of benzene rings is 3. The fourth-order valence-electron chi connectivity index (χ4n) is 4.25. The first-order valence-corrected chi connectivity index (χ1v) is 10.9. The van der Waals surface area contributed by atoms with Gasteiger partial charge in [0.2, 0.25) is 5.76 Å². The van der Waals surface area contributed by atoms with Crippen LogP contribution in [0.15, 0.2) is 75.9 Å². The van der Waals surface area contributed by atoms with Crippen LogP contribution in [0.3, 0.4) is 0 Å². The molecule has 32 heavy (non-hydrogen) atoms. The maximum Gasteiger partial charge on any atom is 0.297 e. The highest BCUT2D eigenvalue weighted by Gasteiger charge is 2.45. The summed E-state index contributed by atoms with van der Waals surface area (Å²) in [6.07, 6.45) is 0. The van der Waals surface area contributed by atoms with E-state index in [1.165, 1.54) is 16.2 Å². The zero-order valence-electron chi connectivity index (χ0n) is 16.9. The van der Waals surface area contributed by atoms with E-state index in [1.54, 1.807) is 48.5 Å². The van der Waals surface area contributed by atoms with Crippen LogP contribution in [0.5, 0.6) is 5.75 Å². The van der Waals surface area contributed by atoms with Gasteiger partial charge in [0, 0.05) is 0 Å². The minimum absolute atomic E-state index is 0.0116. The molecule has 1 unspecified atom stereocenters. The quantitative estimate of drug-likeness (QED) is 0.410. The van der Waals surface area contributed by atoms with Crippen molar-refractivity contribution < 1.29 is 14.3 Å². The number of nitrogens with zero attached hydrogens (tertiary/aromatic N) is 2. The third kappa shape index (κ3) is 2.68. The second-order valence-corrected chi connectivity index (χ2v) is 8.82. The van der Waals surface area contributed by atoms with Crippen molar-refractivity contribution in [2.75, 3.05) is 4.90 Å². The minimum atomic E-state index is -0.757. The summed E-state index contributed by atoms with van der Waals surface area (Å²) in [4.78, 5) is 33.3. The Hall–Kier alpha value is -3.97. The Morgan fingerprint density at radius 1 is 1.03 bits per heavy atom. The van der Waals surface area contributed by atoms with Gasteiger partial charge in [-0.2, -0.15) is 0 Å². The van der Waals surface area contributed by atoms with Crippen molar-refractivity contribution in [3.05, 3.63) is 99.4 Å². The van der Waals surface area contributed by atoms with Gasteiger partial charge in [0.1, 0.15) is 11.3 Å². The van der Waals surface area contributed by atoms with Gasteiger partial charge in [-0.15, -0.1) is 0 Å². The standard InChI is InChI=1S/C25H16N2O4S/c1-13-9-10-17-19(11-13)32-25(26-17)27-21(14-5-4-6-15(28)12-14)20-22(29)16-7-2-3-8-18(16)31-23(20)24(27)30/h2-12,21,28H,1H3. The lowest BCUT2D eigenvalue weighted by Gasteiger charge is -2.22. The van der Waals surface area contributed by atoms with E-state index in [9.17, 15) is 14.7 Å². The molecule has 7 heteroatoms. The first-order valence-electron chi connectivity index (χ1n) is 10.1. The van der Waals surface area contributed by atoms with Gasteiger partial charge in [-0.25, -0.2) is 4.98 Å². The summed E-state index contributed by atoms with van der Waals surface area (Å²) in [6.45, 7) is 2.00. The summed E-state index contributed by atoms with van der Waals surface area (Å²) >= 11 is 1.38. The van der Waals surface area contributed by atoms with E-state index in [0.29, 0.717) is 21.7 Å². The van der Waals surface area contributed by atoms with Crippen LogP contribution in [-0.4, -0.2) is 16.0 Å². The average molecular weight is 440 g/mol. The number of carbonyl (C=O) groups is 1. The number of fused-ring (bicyclic) bond motifs is 3. The smallest absolute Gasteiger partial charge is 0.297 e. The number of aromatic nitrogens is 1. The summed E-state index contributed by atoms with van der Waals surface area (Å²) in [5.74, 6) is -0.363. The molecule has 3 aromatic carbocycles. The number of hydrogen-bond acceptors (Lipinski definition) is 6. The summed E-state index contributed by atoms with van der Waals surface area (Å²) in [5.41, 5.74) is 2.84. The number of thiazole rings is 1. The molecule has 0 radical (unpaired) electrons. The maximum atomic E-state index is 13.6. The van der Waals surface area contributed by atoms with Crippen LogP contribution in [0.2, 0.25) is 0 Å². The number of aromatic hydroxyl groups is 1. The Kier molecular flexibility index (Phi) is 3.97. The molecule has 2 aromatic heterocycles. The summed E-state index contributed by atoms with van der Waals surface area (Å²) in [5, 5.41) is 11.0. The molecule has 0 fully saturated rings. The third-order valence-corrected chi connectivity index (χ3v) is 6.72. The van der Waals surface area contributed by atoms with Gasteiger partial charge in [0.15, 0.2) is 10.6 Å². The zero-order chi connectivity index (χ0) is 22.0. The molecule has 5 aromatic rings. The van der Waals surface area contributed by atoms with Gasteiger partial charge >= 0.3 is 0 Å². The van der Waals surface area contributed by atoms with Gasteiger partial charge < -0.3 is 9.52 Å². The number of anilines is 1. The first kappa shape index (κ1) is 18.8. The molecule has 0 saturated carbocycles. The van der Waals surface area contributed by atoms with E-state index in [0.717, 1.165) is 15.8 Å². The molecule has 1 N–H and O–H groups in total. The number of phenols is 1. The highest BCUT2D eigenvalue weighted by molar-refractivity contribution is 7.22. The Labute approximate surface area is 186 Å². The number of hydrogen-bond donors (Lipinski definition) is 1. The van der Waals surface area contributed by atoms with Gasteiger partial charge in [0.05, 0.1) is 27.2 Å². The minimum Gasteiger partial charge on any atom is -0.508 e. The van der Waals surface area contributed by atoms with Crippen LogP contribution in [0.1, 0.15) is 33.3 Å². The normalized spacial score (nSPS) is 15.6. The van der Waals surface area contributed by atoms with Gasteiger partial charge in [-0.3, -0.25) is 14.5 Å². The maximum absolute atomic E-state index is 13.6. The average Bonchev–Trinajstić information content (AvgIpc) is 3.32. The van der Waals surface area contributed by atoms with E-state index >= 15 is 0 Å². The lowest BCUT2D eigenvalue weighted by molar-refractivity contribution is 0.0971. The summed E-state index contributed by atoms with van der Waals surface area (Å²) < 4.78 is 6.89. The topological polar surface area (TPSA) is 83.6 Å². The highest BCUT2D eigenvalue weighted by Crippen LogP contribution is 2.44. The molecule has 6 nitrogen and oxygen atoms in total. The summed E-state index contributed by atoms with van der Waals surface area (Å²) in [6, 6.07) is 18.6. The van der Waals surface area contributed by atoms with Crippen LogP contribution in [0.4, 0.5) is 5.13 Å². The van der Waals surface area contributed by atoms with Crippen molar-refractivity contribution in [3.63, 3.8) is 0 Å². The van der Waals surface area contributed by atoms with Crippen LogP contribution in [-0.2, 0) is 0 Å². The van der Waals surface area contributed by atoms with Crippen molar-refractivity contribution in [2.24, 2.45) is 0 Å². The van der Waals surface area contributed by atoms with E-state index in [1.807, 2.05) is 25.1 Å². The van der Waals surface area contributed by atoms with Gasteiger partial charge in [-0.1, -0.05) is 41.7 Å². The van der Waals surface area contributed by atoms with Crippen molar-refractivity contribution in [2.45, 2.75) is 13.0 Å². The lowest BCUT2D eigenvalue weighted by Crippen LogP contribution is -2.29. The van der Waals surface area contributed by atoms with E-state index in [-0.39, 0.29) is 22.5 Å². The summed E-state index contributed by atoms with van der Waals surface area (Å²) in [7, 11) is 0. The molecule has 0 bridgehead atoms. The highest BCUT2D eigenvalue weighted by atomic mass is 32.1. The lowest BCUT2D eigenvalue weighted by atomic mass is 9.98. The van der Waals surface area contributed by atoms with E-state index in [4.69, 9.17) is 4.42 Å².